The number of aromatic nitrogens is 2. The van der Waals surface area contributed by atoms with E-state index in [0.29, 0.717) is 5.75 Å². The van der Waals surface area contributed by atoms with Crippen LogP contribution in [-0.2, 0) is 0 Å². The van der Waals surface area contributed by atoms with Crippen LogP contribution in [0.2, 0.25) is 0 Å². The molecule has 2 rings (SSSR count). The van der Waals surface area contributed by atoms with Gasteiger partial charge >= 0.3 is 5.97 Å². The molecule has 9 heteroatoms. The summed E-state index contributed by atoms with van der Waals surface area (Å²) in [6, 6.07) is 4.50. The summed E-state index contributed by atoms with van der Waals surface area (Å²) >= 11 is 0. The molecule has 0 spiro atoms. The molecule has 25 heavy (non-hydrogen) atoms. The van der Waals surface area contributed by atoms with Gasteiger partial charge in [-0.15, -0.1) is 0 Å². The van der Waals surface area contributed by atoms with Gasteiger partial charge in [-0.2, -0.15) is 0 Å². The number of anilines is 1. The van der Waals surface area contributed by atoms with E-state index in [1.165, 1.54) is 42.6 Å². The van der Waals surface area contributed by atoms with Gasteiger partial charge in [-0.05, 0) is 18.2 Å². The molecule has 0 unspecified atom stereocenters. The van der Waals surface area contributed by atoms with E-state index in [4.69, 9.17) is 9.84 Å². The van der Waals surface area contributed by atoms with Crippen LogP contribution in [0.3, 0.4) is 0 Å². The van der Waals surface area contributed by atoms with Crippen LogP contribution in [0.4, 0.5) is 5.69 Å². The second kappa shape index (κ2) is 7.39. The van der Waals surface area contributed by atoms with Crippen LogP contribution in [-0.4, -0.2) is 59.0 Å². The lowest BCUT2D eigenvalue weighted by Crippen LogP contribution is -2.23. The molecule has 1 aromatic heterocycles. The van der Waals surface area contributed by atoms with Gasteiger partial charge in [0, 0.05) is 32.2 Å². The van der Waals surface area contributed by atoms with E-state index in [9.17, 15) is 14.4 Å². The lowest BCUT2D eigenvalue weighted by molar-refractivity contribution is 0.0684. The van der Waals surface area contributed by atoms with Crippen LogP contribution in [0.25, 0.3) is 0 Å². The topological polar surface area (TPSA) is 122 Å². The molecule has 0 fully saturated rings. The van der Waals surface area contributed by atoms with Crippen molar-refractivity contribution < 1.29 is 24.2 Å². The number of carbonyl (C=O) groups excluding carboxylic acids is 2. The number of amides is 2. The molecule has 0 atom stereocenters. The third kappa shape index (κ3) is 3.89. The Labute approximate surface area is 143 Å². The van der Waals surface area contributed by atoms with E-state index in [-0.39, 0.29) is 22.9 Å². The summed E-state index contributed by atoms with van der Waals surface area (Å²) in [5.41, 5.74) is -0.245. The van der Waals surface area contributed by atoms with Crippen LogP contribution in [0.5, 0.6) is 5.75 Å². The summed E-state index contributed by atoms with van der Waals surface area (Å²) in [6.07, 6.45) is 2.40. The predicted molar refractivity (Wildman–Crippen MR) is 88.0 cm³/mol. The molecule has 0 aliphatic rings. The maximum Gasteiger partial charge on any atom is 0.356 e. The zero-order chi connectivity index (χ0) is 18.6. The van der Waals surface area contributed by atoms with Crippen molar-refractivity contribution in [1.29, 1.82) is 0 Å². The Morgan fingerprint density at radius 2 is 1.76 bits per heavy atom. The summed E-state index contributed by atoms with van der Waals surface area (Å²) in [6.45, 7) is 0. The van der Waals surface area contributed by atoms with Crippen LogP contribution < -0.4 is 10.1 Å². The minimum atomic E-state index is -1.36. The zero-order valence-corrected chi connectivity index (χ0v) is 13.8. The molecule has 0 radical (unpaired) electrons. The maximum absolute atomic E-state index is 12.3. The molecule has 130 valence electrons. The fraction of sp³-hybridized carbons (Fsp3) is 0.188. The number of rotatable bonds is 5. The van der Waals surface area contributed by atoms with Gasteiger partial charge in [0.2, 0.25) is 0 Å². The first-order valence-corrected chi connectivity index (χ1v) is 7.10. The minimum Gasteiger partial charge on any atom is -0.496 e. The second-order valence-corrected chi connectivity index (χ2v) is 5.13. The molecule has 2 amide bonds. The molecule has 1 aromatic carbocycles. The average molecular weight is 344 g/mol. The monoisotopic (exact) mass is 344 g/mol. The lowest BCUT2D eigenvalue weighted by atomic mass is 10.1. The van der Waals surface area contributed by atoms with E-state index in [1.807, 2.05) is 0 Å². The first-order valence-electron chi connectivity index (χ1n) is 7.10. The van der Waals surface area contributed by atoms with Gasteiger partial charge in [-0.1, -0.05) is 0 Å². The highest BCUT2D eigenvalue weighted by molar-refractivity contribution is 6.09. The van der Waals surface area contributed by atoms with Crippen LogP contribution >= 0.6 is 0 Å². The summed E-state index contributed by atoms with van der Waals surface area (Å²) in [5, 5.41) is 11.6. The largest absolute Gasteiger partial charge is 0.496 e. The normalized spacial score (nSPS) is 10.0. The van der Waals surface area contributed by atoms with Crippen molar-refractivity contribution in [2.24, 2.45) is 0 Å². The number of carboxylic acid groups (broad SMARTS) is 1. The van der Waals surface area contributed by atoms with Crippen molar-refractivity contribution in [3.8, 4) is 5.75 Å². The van der Waals surface area contributed by atoms with Gasteiger partial charge in [0.15, 0.2) is 11.4 Å². The highest BCUT2D eigenvalue weighted by atomic mass is 16.5. The number of ether oxygens (including phenoxy) is 1. The molecular weight excluding hydrogens is 328 g/mol. The highest BCUT2D eigenvalue weighted by Crippen LogP contribution is 2.24. The molecule has 2 N–H and O–H groups in total. The van der Waals surface area contributed by atoms with Gasteiger partial charge < -0.3 is 20.1 Å². The Morgan fingerprint density at radius 1 is 1.12 bits per heavy atom. The Morgan fingerprint density at radius 3 is 2.32 bits per heavy atom. The molecule has 2 aromatic rings. The number of benzene rings is 1. The standard InChI is InChI=1S/C16H16N4O5/c1-20(2)15(22)10-8-9(4-5-11(10)25-3)19-14(21)12-13(16(23)24)18-7-6-17-12/h4-8H,1-3H3,(H,19,21)(H,23,24). The van der Waals surface area contributed by atoms with Gasteiger partial charge in [0.1, 0.15) is 5.75 Å². The third-order valence-corrected chi connectivity index (χ3v) is 3.21. The minimum absolute atomic E-state index is 0.253. The number of hydrogen-bond donors (Lipinski definition) is 2. The van der Waals surface area contributed by atoms with Crippen LogP contribution in [0, 0.1) is 0 Å². The zero-order valence-electron chi connectivity index (χ0n) is 13.8. The van der Waals surface area contributed by atoms with Crippen molar-refractivity contribution >= 4 is 23.5 Å². The fourth-order valence-corrected chi connectivity index (χ4v) is 2.04. The van der Waals surface area contributed by atoms with E-state index in [0.717, 1.165) is 0 Å². The summed E-state index contributed by atoms with van der Waals surface area (Å²) in [5.74, 6) is -2.07. The van der Waals surface area contributed by atoms with E-state index in [2.05, 4.69) is 15.3 Å². The molecule has 0 aliphatic heterocycles. The first kappa shape index (κ1) is 17.9. The summed E-state index contributed by atoms with van der Waals surface area (Å²) in [7, 11) is 4.61. The van der Waals surface area contributed by atoms with E-state index < -0.39 is 17.6 Å². The van der Waals surface area contributed by atoms with Gasteiger partial charge in [-0.25, -0.2) is 14.8 Å². The van der Waals surface area contributed by atoms with Gasteiger partial charge in [0.25, 0.3) is 11.8 Å². The number of aromatic carboxylic acids is 1. The molecule has 0 bridgehead atoms. The number of nitrogens with zero attached hydrogens (tertiary/aromatic N) is 3. The molecule has 0 aliphatic carbocycles. The van der Waals surface area contributed by atoms with Crippen LogP contribution in [0.15, 0.2) is 30.6 Å². The molecule has 0 saturated carbocycles. The van der Waals surface area contributed by atoms with Crippen molar-refractivity contribution in [1.82, 2.24) is 14.9 Å². The second-order valence-electron chi connectivity index (χ2n) is 5.13. The Kier molecular flexibility index (Phi) is 5.28. The first-order chi connectivity index (χ1) is 11.8. The number of methoxy groups -OCH3 is 1. The van der Waals surface area contributed by atoms with Crippen molar-refractivity contribution in [3.63, 3.8) is 0 Å². The van der Waals surface area contributed by atoms with Gasteiger partial charge in [-0.3, -0.25) is 9.59 Å². The van der Waals surface area contributed by atoms with E-state index >= 15 is 0 Å². The number of nitrogens with one attached hydrogen (secondary N) is 1. The fourth-order valence-electron chi connectivity index (χ4n) is 2.04. The third-order valence-electron chi connectivity index (χ3n) is 3.21. The van der Waals surface area contributed by atoms with Gasteiger partial charge in [0.05, 0.1) is 12.7 Å². The molecule has 0 saturated heterocycles. The SMILES string of the molecule is COc1ccc(NC(=O)c2nccnc2C(=O)O)cc1C(=O)N(C)C. The lowest BCUT2D eigenvalue weighted by Gasteiger charge is -2.15. The highest BCUT2D eigenvalue weighted by Gasteiger charge is 2.21. The number of hydrogen-bond acceptors (Lipinski definition) is 6. The van der Waals surface area contributed by atoms with E-state index in [1.54, 1.807) is 14.1 Å². The van der Waals surface area contributed by atoms with Crippen molar-refractivity contribution in [3.05, 3.63) is 47.5 Å². The number of carboxylic acids is 1. The average Bonchev–Trinajstić information content (AvgIpc) is 2.60. The van der Waals surface area contributed by atoms with Crippen molar-refractivity contribution in [2.75, 3.05) is 26.5 Å². The summed E-state index contributed by atoms with van der Waals surface area (Å²) in [4.78, 5) is 44.4. The molecule has 9 nitrogen and oxygen atoms in total. The number of carbonyl (C=O) groups is 3. The Balaban J connectivity index is 2.35. The predicted octanol–water partition coefficient (Wildman–Crippen LogP) is 1.14. The maximum atomic E-state index is 12.3. The molecule has 1 heterocycles. The van der Waals surface area contributed by atoms with Crippen LogP contribution in [0.1, 0.15) is 31.3 Å². The Hall–Kier alpha value is -3.49. The quantitative estimate of drug-likeness (QED) is 0.834. The molecular formula is C16H16N4O5. The van der Waals surface area contributed by atoms with Crippen molar-refractivity contribution in [2.45, 2.75) is 0 Å². The summed E-state index contributed by atoms with van der Waals surface area (Å²) < 4.78 is 5.15. The smallest absolute Gasteiger partial charge is 0.356 e. The Bertz CT molecular complexity index is 835.